The number of hydrazine groups is 1. The van der Waals surface area contributed by atoms with Crippen LogP contribution in [0.4, 0.5) is 5.69 Å². The number of carbonyl (C=O) groups is 1. The van der Waals surface area contributed by atoms with E-state index in [1.807, 2.05) is 10.4 Å². The molecule has 21 heavy (non-hydrogen) atoms. The Morgan fingerprint density at radius 2 is 2.19 bits per heavy atom. The van der Waals surface area contributed by atoms with E-state index in [0.717, 1.165) is 10.8 Å². The van der Waals surface area contributed by atoms with E-state index in [1.54, 1.807) is 0 Å². The van der Waals surface area contributed by atoms with Crippen LogP contribution in [0.25, 0.3) is 0 Å². The second kappa shape index (κ2) is 5.42. The molecule has 4 N–H and O–H groups in total. The average Bonchev–Trinajstić information content (AvgIpc) is 2.89. The Kier molecular flexibility index (Phi) is 3.67. The number of aromatic nitrogens is 2. The number of nitrogens with zero attached hydrogens (tertiary/aromatic N) is 2. The predicted molar refractivity (Wildman–Crippen MR) is 67.4 cm³/mol. The molecule has 0 bridgehead atoms. The van der Waals surface area contributed by atoms with Gasteiger partial charge in [0, 0.05) is 0 Å². The fourth-order valence-electron chi connectivity index (χ4n) is 1.57. The fraction of sp³-hybridized carbons (Fsp3) is 0.100. The van der Waals surface area contributed by atoms with Crippen LogP contribution in [-0.2, 0) is 6.54 Å². The smallest absolute Gasteiger partial charge is 0.350 e. The summed E-state index contributed by atoms with van der Waals surface area (Å²) in [5.74, 6) is 4.36. The van der Waals surface area contributed by atoms with Crippen molar-refractivity contribution in [2.24, 2.45) is 5.84 Å². The number of nitrogens with one attached hydrogen (secondary N) is 2. The predicted octanol–water partition coefficient (Wildman–Crippen LogP) is -1.31. The van der Waals surface area contributed by atoms with E-state index in [1.165, 1.54) is 12.1 Å². The summed E-state index contributed by atoms with van der Waals surface area (Å²) in [6.45, 7) is -0.200. The first kappa shape index (κ1) is 14.2. The van der Waals surface area contributed by atoms with Crippen LogP contribution in [0.5, 0.6) is 0 Å². The second-order valence-electron chi connectivity index (χ2n) is 3.90. The van der Waals surface area contributed by atoms with Gasteiger partial charge in [-0.3, -0.25) is 34.7 Å². The van der Waals surface area contributed by atoms with E-state index in [4.69, 9.17) is 10.3 Å². The maximum absolute atomic E-state index is 11.6. The zero-order valence-corrected chi connectivity index (χ0v) is 10.4. The van der Waals surface area contributed by atoms with Crippen molar-refractivity contribution in [3.8, 4) is 0 Å². The first-order chi connectivity index (χ1) is 9.92. The lowest BCUT2D eigenvalue weighted by Gasteiger charge is -2.02. The Balaban J connectivity index is 2.35. The summed E-state index contributed by atoms with van der Waals surface area (Å²) in [4.78, 5) is 45.5. The van der Waals surface area contributed by atoms with Gasteiger partial charge in [0.1, 0.15) is 5.76 Å². The van der Waals surface area contributed by atoms with E-state index in [-0.39, 0.29) is 18.1 Å². The highest BCUT2D eigenvalue weighted by Crippen LogP contribution is 2.09. The highest BCUT2D eigenvalue weighted by Gasteiger charge is 2.16. The Morgan fingerprint density at radius 1 is 1.48 bits per heavy atom. The van der Waals surface area contributed by atoms with Gasteiger partial charge < -0.3 is 4.42 Å². The van der Waals surface area contributed by atoms with Gasteiger partial charge in [0.25, 0.3) is 0 Å². The van der Waals surface area contributed by atoms with Crippen LogP contribution in [0, 0.1) is 10.1 Å². The second-order valence-corrected chi connectivity index (χ2v) is 3.90. The third-order valence-electron chi connectivity index (χ3n) is 2.53. The van der Waals surface area contributed by atoms with Crippen molar-refractivity contribution in [1.29, 1.82) is 0 Å². The molecule has 0 aromatic carbocycles. The number of H-pyrrole nitrogens is 1. The Morgan fingerprint density at radius 3 is 2.81 bits per heavy atom. The highest BCUT2D eigenvalue weighted by atomic mass is 16.6. The molecular formula is C10H9N5O6. The van der Waals surface area contributed by atoms with Crippen molar-refractivity contribution in [1.82, 2.24) is 15.0 Å². The van der Waals surface area contributed by atoms with Crippen LogP contribution in [-0.4, -0.2) is 20.4 Å². The first-order valence-corrected chi connectivity index (χ1v) is 5.50. The number of rotatable bonds is 4. The quantitative estimate of drug-likeness (QED) is 0.272. The number of furan rings is 1. The maximum Gasteiger partial charge on any atom is 0.350 e. The van der Waals surface area contributed by atoms with Crippen LogP contribution >= 0.6 is 0 Å². The van der Waals surface area contributed by atoms with Crippen LogP contribution in [0.3, 0.4) is 0 Å². The van der Waals surface area contributed by atoms with Gasteiger partial charge in [-0.1, -0.05) is 0 Å². The lowest BCUT2D eigenvalue weighted by Crippen LogP contribution is -2.31. The fourth-order valence-corrected chi connectivity index (χ4v) is 1.57. The average molecular weight is 295 g/mol. The highest BCUT2D eigenvalue weighted by molar-refractivity contribution is 5.90. The maximum atomic E-state index is 11.6. The monoisotopic (exact) mass is 295 g/mol. The standard InChI is InChI=1S/C10H9N5O6/c11-13-9(17)7-2-1-5(21-7)3-14-4-6(15(19)20)8(16)12-10(14)18/h1-2,4H,3,11H2,(H,13,17)(H,12,16,18). The number of nitrogens with two attached hydrogens (primary N) is 1. The van der Waals surface area contributed by atoms with Gasteiger partial charge in [0.05, 0.1) is 17.7 Å². The first-order valence-electron chi connectivity index (χ1n) is 5.50. The molecule has 11 nitrogen and oxygen atoms in total. The number of nitrogen functional groups attached to an aromatic ring is 1. The molecule has 0 aliphatic carbocycles. The van der Waals surface area contributed by atoms with Crippen LogP contribution in [0.15, 0.2) is 32.3 Å². The number of aromatic amines is 1. The molecule has 2 aromatic heterocycles. The lowest BCUT2D eigenvalue weighted by molar-refractivity contribution is -0.386. The molecule has 1 amide bonds. The molecule has 0 unspecified atom stereocenters. The summed E-state index contributed by atoms with van der Waals surface area (Å²) in [5.41, 5.74) is -0.848. The third kappa shape index (κ3) is 2.87. The van der Waals surface area contributed by atoms with Gasteiger partial charge in [-0.25, -0.2) is 10.6 Å². The Labute approximate surface area is 115 Å². The van der Waals surface area contributed by atoms with Gasteiger partial charge in [-0.15, -0.1) is 0 Å². The molecule has 0 fully saturated rings. The molecule has 110 valence electrons. The van der Waals surface area contributed by atoms with Crippen molar-refractivity contribution >= 4 is 11.6 Å². The summed E-state index contributed by atoms with van der Waals surface area (Å²) in [6, 6.07) is 2.72. The number of carbonyl (C=O) groups excluding carboxylic acids is 1. The summed E-state index contributed by atoms with van der Waals surface area (Å²) in [5, 5.41) is 10.6. The normalized spacial score (nSPS) is 10.3. The van der Waals surface area contributed by atoms with Gasteiger partial charge in [0.15, 0.2) is 5.76 Å². The molecule has 0 aliphatic rings. The largest absolute Gasteiger partial charge is 0.454 e. The SMILES string of the molecule is NNC(=O)c1ccc(Cn2cc([N+](=O)[O-])c(=O)[nH]c2=O)o1. The molecule has 11 heteroatoms. The van der Waals surface area contributed by atoms with Crippen molar-refractivity contribution < 1.29 is 14.1 Å². The number of hydrogen-bond donors (Lipinski definition) is 3. The van der Waals surface area contributed by atoms with E-state index >= 15 is 0 Å². The van der Waals surface area contributed by atoms with Crippen molar-refractivity contribution in [2.75, 3.05) is 0 Å². The summed E-state index contributed by atoms with van der Waals surface area (Å²) in [7, 11) is 0. The summed E-state index contributed by atoms with van der Waals surface area (Å²) in [6.07, 6.45) is 0.798. The Bertz CT molecular complexity index is 816. The molecule has 0 atom stereocenters. The topological polar surface area (TPSA) is 166 Å². The van der Waals surface area contributed by atoms with Gasteiger partial charge in [-0.2, -0.15) is 0 Å². The summed E-state index contributed by atoms with van der Waals surface area (Å²) < 4.78 is 5.99. The molecule has 0 spiro atoms. The Hall–Kier alpha value is -3.21. The molecule has 2 aromatic rings. The third-order valence-corrected chi connectivity index (χ3v) is 2.53. The van der Waals surface area contributed by atoms with E-state index in [2.05, 4.69) is 0 Å². The lowest BCUT2D eigenvalue weighted by atomic mass is 10.4. The molecular weight excluding hydrogens is 286 g/mol. The van der Waals surface area contributed by atoms with Crippen molar-refractivity contribution in [2.45, 2.75) is 6.54 Å². The van der Waals surface area contributed by atoms with Gasteiger partial charge in [0.2, 0.25) is 0 Å². The zero-order valence-electron chi connectivity index (χ0n) is 10.4. The van der Waals surface area contributed by atoms with Crippen LogP contribution < -0.4 is 22.5 Å². The van der Waals surface area contributed by atoms with Crippen molar-refractivity contribution in [3.05, 3.63) is 60.8 Å². The van der Waals surface area contributed by atoms with Crippen LogP contribution in [0.2, 0.25) is 0 Å². The van der Waals surface area contributed by atoms with E-state index in [9.17, 15) is 24.5 Å². The zero-order chi connectivity index (χ0) is 15.6. The molecule has 0 aliphatic heterocycles. The molecule has 0 saturated carbocycles. The van der Waals surface area contributed by atoms with Crippen molar-refractivity contribution in [3.63, 3.8) is 0 Å². The number of amides is 1. The molecule has 2 heterocycles. The van der Waals surface area contributed by atoms with Crippen LogP contribution in [0.1, 0.15) is 16.3 Å². The minimum Gasteiger partial charge on any atom is -0.454 e. The summed E-state index contributed by atoms with van der Waals surface area (Å²) >= 11 is 0. The molecule has 2 rings (SSSR count). The van der Waals surface area contributed by atoms with E-state index < -0.39 is 27.8 Å². The van der Waals surface area contributed by atoms with Gasteiger partial charge >= 0.3 is 22.8 Å². The molecule has 0 radical (unpaired) electrons. The minimum absolute atomic E-state index is 0.0838. The number of nitro groups is 1. The van der Waals surface area contributed by atoms with E-state index in [0.29, 0.717) is 0 Å². The molecule has 0 saturated heterocycles. The van der Waals surface area contributed by atoms with Gasteiger partial charge in [-0.05, 0) is 12.1 Å². The minimum atomic E-state index is -1.09. The number of hydrogen-bond acceptors (Lipinski definition) is 7.